The molecule has 0 aliphatic carbocycles. The van der Waals surface area contributed by atoms with Crippen molar-refractivity contribution < 1.29 is 28.8 Å². The van der Waals surface area contributed by atoms with Gasteiger partial charge in [-0.3, -0.25) is 14.4 Å². The number of nitrogens with zero attached hydrogens (tertiary/aromatic N) is 3. The molecule has 4 rings (SSSR count). The first-order chi connectivity index (χ1) is 18.5. The summed E-state index contributed by atoms with van der Waals surface area (Å²) in [6, 6.07) is 14.3. The van der Waals surface area contributed by atoms with Crippen LogP contribution in [0.25, 0.3) is 22.1 Å². The molecule has 196 valence electrons. The summed E-state index contributed by atoms with van der Waals surface area (Å²) in [4.78, 5) is 50.1. The average molecular weight is 526 g/mol. The first-order valence-corrected chi connectivity index (χ1v) is 11.6. The summed E-state index contributed by atoms with van der Waals surface area (Å²) in [6.45, 7) is 4.67. The number of nitriles is 1. The van der Waals surface area contributed by atoms with E-state index in [0.29, 0.717) is 22.3 Å². The molecular formula is C28H23N5O6. The Labute approximate surface area is 222 Å². The van der Waals surface area contributed by atoms with Crippen LogP contribution in [0.1, 0.15) is 45.8 Å². The number of amides is 3. The van der Waals surface area contributed by atoms with Crippen LogP contribution in [0.2, 0.25) is 0 Å². The van der Waals surface area contributed by atoms with Crippen molar-refractivity contribution in [3.05, 3.63) is 70.9 Å². The predicted octanol–water partition coefficient (Wildman–Crippen LogP) is 4.57. The van der Waals surface area contributed by atoms with Gasteiger partial charge >= 0.3 is 5.97 Å². The van der Waals surface area contributed by atoms with E-state index in [1.807, 2.05) is 13.0 Å². The van der Waals surface area contributed by atoms with Gasteiger partial charge in [0.25, 0.3) is 5.91 Å². The molecule has 0 fully saturated rings. The van der Waals surface area contributed by atoms with Gasteiger partial charge in [-0.25, -0.2) is 4.79 Å². The van der Waals surface area contributed by atoms with Crippen molar-refractivity contribution in [1.29, 1.82) is 5.26 Å². The molecule has 4 aromatic rings. The fraction of sp³-hybridized carbons (Fsp3) is 0.143. The molecule has 0 radical (unpaired) electrons. The van der Waals surface area contributed by atoms with E-state index < -0.39 is 11.9 Å². The summed E-state index contributed by atoms with van der Waals surface area (Å²) < 4.78 is 5.42. The van der Waals surface area contributed by atoms with Crippen LogP contribution in [0.5, 0.6) is 0 Å². The average Bonchev–Trinajstić information content (AvgIpc) is 3.30. The van der Waals surface area contributed by atoms with Crippen LogP contribution in [0.4, 0.5) is 17.1 Å². The van der Waals surface area contributed by atoms with E-state index in [-0.39, 0.29) is 39.9 Å². The molecular weight excluding hydrogens is 502 g/mol. The van der Waals surface area contributed by atoms with E-state index in [2.05, 4.69) is 15.8 Å². The second-order valence-electron chi connectivity index (χ2n) is 8.82. The number of aromatic nitrogens is 1. The van der Waals surface area contributed by atoms with Gasteiger partial charge in [0.2, 0.25) is 11.8 Å². The largest absolute Gasteiger partial charge is 0.478 e. The lowest BCUT2D eigenvalue weighted by Gasteiger charge is -2.20. The molecule has 0 saturated carbocycles. The number of carboxylic acid groups (broad SMARTS) is 1. The van der Waals surface area contributed by atoms with Gasteiger partial charge in [-0.05, 0) is 54.4 Å². The highest BCUT2D eigenvalue weighted by molar-refractivity contribution is 6.14. The van der Waals surface area contributed by atoms with Gasteiger partial charge in [0.15, 0.2) is 11.3 Å². The van der Waals surface area contributed by atoms with Gasteiger partial charge in [-0.1, -0.05) is 11.2 Å². The van der Waals surface area contributed by atoms with E-state index in [1.165, 1.54) is 30.9 Å². The van der Waals surface area contributed by atoms with E-state index in [0.717, 1.165) is 17.2 Å². The number of anilines is 3. The number of rotatable bonds is 6. The number of fused-ring (bicyclic) bond motifs is 1. The summed E-state index contributed by atoms with van der Waals surface area (Å²) in [7, 11) is 1.61. The van der Waals surface area contributed by atoms with Crippen LogP contribution < -0.4 is 15.5 Å². The van der Waals surface area contributed by atoms with Crippen LogP contribution in [-0.2, 0) is 9.59 Å². The maximum absolute atomic E-state index is 13.2. The molecule has 39 heavy (non-hydrogen) atoms. The Bertz CT molecular complexity index is 1720. The molecule has 11 nitrogen and oxygen atoms in total. The van der Waals surface area contributed by atoms with Crippen LogP contribution in [0.15, 0.2) is 53.1 Å². The Balaban J connectivity index is 1.83. The molecule has 0 spiro atoms. The van der Waals surface area contributed by atoms with Crippen molar-refractivity contribution in [2.24, 2.45) is 0 Å². The van der Waals surface area contributed by atoms with Crippen LogP contribution in [-0.4, -0.2) is 41.0 Å². The number of hydrogen-bond acceptors (Lipinski definition) is 7. The third-order valence-corrected chi connectivity index (χ3v) is 6.10. The molecule has 0 aliphatic heterocycles. The zero-order valence-corrected chi connectivity index (χ0v) is 21.4. The Morgan fingerprint density at radius 1 is 1.00 bits per heavy atom. The quantitative estimate of drug-likeness (QED) is 0.329. The number of hydrogen-bond donors (Lipinski definition) is 3. The third-order valence-electron chi connectivity index (χ3n) is 6.10. The molecule has 0 aliphatic rings. The summed E-state index contributed by atoms with van der Waals surface area (Å²) in [5.74, 6) is -2.49. The summed E-state index contributed by atoms with van der Waals surface area (Å²) in [6.07, 6.45) is 0. The standard InChI is InChI=1S/C28H23N5O6/c1-14-9-18(30-15(2)34)6-7-19(14)20-11-22-25(12-24(20)33(4)16(3)35)39-32-26(22)27(36)31-23-8-5-17(13-29)10-21(23)28(37)38/h5-12H,1-4H3,(H,30,34)(H,31,36)(H,37,38). The highest BCUT2D eigenvalue weighted by Crippen LogP contribution is 2.38. The first-order valence-electron chi connectivity index (χ1n) is 11.6. The Morgan fingerprint density at radius 2 is 1.74 bits per heavy atom. The van der Waals surface area contributed by atoms with Crippen molar-refractivity contribution in [2.45, 2.75) is 20.8 Å². The SMILES string of the molecule is CC(=O)Nc1ccc(-c2cc3c(C(=O)Nc4ccc(C#N)cc4C(=O)O)noc3cc2N(C)C(C)=O)c(C)c1. The van der Waals surface area contributed by atoms with E-state index in [1.54, 1.807) is 37.4 Å². The predicted molar refractivity (Wildman–Crippen MR) is 144 cm³/mol. The van der Waals surface area contributed by atoms with Crippen molar-refractivity contribution in [2.75, 3.05) is 22.6 Å². The zero-order valence-electron chi connectivity index (χ0n) is 21.4. The summed E-state index contributed by atoms with van der Waals surface area (Å²) >= 11 is 0. The second kappa shape index (κ2) is 10.5. The van der Waals surface area contributed by atoms with Gasteiger partial charge in [-0.15, -0.1) is 0 Å². The highest BCUT2D eigenvalue weighted by atomic mass is 16.5. The van der Waals surface area contributed by atoms with Crippen molar-refractivity contribution >= 4 is 51.7 Å². The number of nitrogens with one attached hydrogen (secondary N) is 2. The Kier molecular flexibility index (Phi) is 7.13. The van der Waals surface area contributed by atoms with E-state index in [9.17, 15) is 24.3 Å². The number of aromatic carboxylic acids is 1. The minimum absolute atomic E-state index is 0.0137. The smallest absolute Gasteiger partial charge is 0.337 e. The van der Waals surface area contributed by atoms with E-state index in [4.69, 9.17) is 9.78 Å². The molecule has 0 bridgehead atoms. The summed E-state index contributed by atoms with van der Waals surface area (Å²) in [5, 5.41) is 28.1. The topological polar surface area (TPSA) is 166 Å². The zero-order chi connectivity index (χ0) is 28.4. The Morgan fingerprint density at radius 3 is 2.36 bits per heavy atom. The minimum Gasteiger partial charge on any atom is -0.478 e. The van der Waals surface area contributed by atoms with Crippen molar-refractivity contribution in [3.8, 4) is 17.2 Å². The lowest BCUT2D eigenvalue weighted by atomic mass is 9.96. The second-order valence-corrected chi connectivity index (χ2v) is 8.82. The molecule has 0 unspecified atom stereocenters. The molecule has 0 saturated heterocycles. The molecule has 1 heterocycles. The molecule has 11 heteroatoms. The van der Waals surface area contributed by atoms with Gasteiger partial charge in [-0.2, -0.15) is 5.26 Å². The van der Waals surface area contributed by atoms with Gasteiger partial charge in [0.05, 0.1) is 34.0 Å². The fourth-order valence-electron chi connectivity index (χ4n) is 4.13. The molecule has 0 atom stereocenters. The molecule has 3 amide bonds. The Hall–Kier alpha value is -5.50. The van der Waals surface area contributed by atoms with Crippen molar-refractivity contribution in [3.63, 3.8) is 0 Å². The number of carbonyl (C=O) groups is 4. The monoisotopic (exact) mass is 525 g/mol. The highest BCUT2D eigenvalue weighted by Gasteiger charge is 2.23. The molecule has 3 aromatic carbocycles. The van der Waals surface area contributed by atoms with Gasteiger partial charge in [0.1, 0.15) is 0 Å². The molecule has 3 N–H and O–H groups in total. The number of carbonyl (C=O) groups excluding carboxylic acids is 3. The maximum Gasteiger partial charge on any atom is 0.337 e. The first kappa shape index (κ1) is 26.6. The normalized spacial score (nSPS) is 10.5. The number of carboxylic acids is 1. The van der Waals surface area contributed by atoms with Crippen LogP contribution in [0.3, 0.4) is 0 Å². The van der Waals surface area contributed by atoms with Crippen LogP contribution >= 0.6 is 0 Å². The maximum atomic E-state index is 13.2. The van der Waals surface area contributed by atoms with Gasteiger partial charge in [0, 0.05) is 38.2 Å². The lowest BCUT2D eigenvalue weighted by molar-refractivity contribution is -0.116. The summed E-state index contributed by atoms with van der Waals surface area (Å²) in [5.41, 5.74) is 3.25. The van der Waals surface area contributed by atoms with Crippen LogP contribution in [0, 0.1) is 18.3 Å². The number of benzene rings is 3. The third kappa shape index (κ3) is 5.30. The molecule has 1 aromatic heterocycles. The van der Waals surface area contributed by atoms with Gasteiger partial charge < -0.3 is 25.2 Å². The minimum atomic E-state index is -1.32. The van der Waals surface area contributed by atoms with Crippen molar-refractivity contribution in [1.82, 2.24) is 5.16 Å². The number of aryl methyl sites for hydroxylation is 1. The fourth-order valence-corrected chi connectivity index (χ4v) is 4.13. The lowest BCUT2D eigenvalue weighted by Crippen LogP contribution is -2.23. The van der Waals surface area contributed by atoms with E-state index >= 15 is 0 Å².